The number of carbonyl (C=O) groups excluding carboxylic acids is 2. The highest BCUT2D eigenvalue weighted by atomic mass is 35.5. The van der Waals surface area contributed by atoms with Crippen molar-refractivity contribution in [2.24, 2.45) is 0 Å². The van der Waals surface area contributed by atoms with Gasteiger partial charge in [0.15, 0.2) is 0 Å². The number of pyridine rings is 2. The number of carbonyl (C=O) groups is 2. The molecule has 0 N–H and O–H groups in total. The molecule has 2 aliphatic rings. The van der Waals surface area contributed by atoms with E-state index in [-0.39, 0.29) is 46.6 Å². The maximum Gasteiger partial charge on any atom is 0.257 e. The zero-order chi connectivity index (χ0) is 50.5. The van der Waals surface area contributed by atoms with E-state index in [1.165, 1.54) is 24.3 Å². The predicted molar refractivity (Wildman–Crippen MR) is 280 cm³/mol. The summed E-state index contributed by atoms with van der Waals surface area (Å²) in [5, 5.41) is 2.87. The Bertz CT molecular complexity index is 2940. The van der Waals surface area contributed by atoms with Gasteiger partial charge in [0.2, 0.25) is 0 Å². The second-order valence-corrected chi connectivity index (χ2v) is 19.5. The summed E-state index contributed by atoms with van der Waals surface area (Å²) in [6.07, 6.45) is 0.921. The number of amides is 2. The Balaban J connectivity index is 0.000000178. The lowest BCUT2D eigenvalue weighted by Crippen LogP contribution is -2.51. The van der Waals surface area contributed by atoms with Gasteiger partial charge in [-0.3, -0.25) is 19.4 Å². The quantitative estimate of drug-likeness (QED) is 0.127. The number of nitrogens with zero attached hydrogens (tertiary/aromatic N) is 4. The SMILES string of the molecule is O=C1[C@@H](Cc2ccc(F)cc2)O[C@H](c2ccc(Cl)cc2)[C@H](c2ccc(Cl)cc2)N1c1ccnc(Cl)c1.O=C1[C@H](Cc2ccc(F)cc2)O[C@@H](c2ccc(Cl)cc2)[C@@H](c2ccc(Cl)cc2)N1c1ccnc(Cl)c1. The predicted octanol–water partition coefficient (Wildman–Crippen LogP) is 15.3. The Morgan fingerprint density at radius 3 is 1.03 bits per heavy atom. The second-order valence-electron chi connectivity index (χ2n) is 16.9. The van der Waals surface area contributed by atoms with Crippen molar-refractivity contribution in [1.29, 1.82) is 0 Å². The number of rotatable bonds is 10. The van der Waals surface area contributed by atoms with E-state index in [9.17, 15) is 18.4 Å². The highest BCUT2D eigenvalue weighted by Crippen LogP contribution is 2.47. The number of ether oxygens (including phenoxy) is 2. The maximum absolute atomic E-state index is 14.0. The van der Waals surface area contributed by atoms with Crippen molar-refractivity contribution in [2.45, 2.75) is 49.3 Å². The fourth-order valence-corrected chi connectivity index (χ4v) is 9.71. The van der Waals surface area contributed by atoms with Gasteiger partial charge in [-0.2, -0.15) is 0 Å². The molecule has 2 aromatic heterocycles. The van der Waals surface area contributed by atoms with Gasteiger partial charge in [0, 0.05) is 56.7 Å². The first-order chi connectivity index (χ1) is 34.8. The first-order valence-electron chi connectivity index (χ1n) is 22.5. The standard InChI is InChI=1S/2C28H20Cl3FN2O2/c2*29-20-7-3-18(4-8-20)26-27(19-5-9-21(30)10-6-19)36-24(15-17-1-11-22(32)12-2-17)28(35)34(26)23-13-14-33-25(31)16-23/h2*1-14,16,24,26-27H,15H2/t2*24-,26+,27-/m10/s1. The van der Waals surface area contributed by atoms with Gasteiger partial charge < -0.3 is 9.47 Å². The molecule has 2 saturated heterocycles. The van der Waals surface area contributed by atoms with Crippen LogP contribution >= 0.6 is 69.6 Å². The summed E-state index contributed by atoms with van der Waals surface area (Å²) in [6, 6.07) is 47.2. The van der Waals surface area contributed by atoms with E-state index in [0.29, 0.717) is 31.5 Å². The van der Waals surface area contributed by atoms with Gasteiger partial charge in [-0.05, 0) is 130 Å². The molecule has 6 aromatic carbocycles. The molecular weight excluding hydrogens is 1040 g/mol. The number of halogens is 8. The van der Waals surface area contributed by atoms with Crippen LogP contribution in [0.25, 0.3) is 0 Å². The van der Waals surface area contributed by atoms with Gasteiger partial charge in [-0.15, -0.1) is 0 Å². The lowest BCUT2D eigenvalue weighted by molar-refractivity contribution is -0.145. The molecular formula is C56H40Cl6F2N4O4. The molecule has 10 rings (SSSR count). The molecule has 72 heavy (non-hydrogen) atoms. The van der Waals surface area contributed by atoms with Crippen LogP contribution in [-0.2, 0) is 31.9 Å². The van der Waals surface area contributed by atoms with Crippen LogP contribution in [0.2, 0.25) is 30.4 Å². The van der Waals surface area contributed by atoms with Crippen molar-refractivity contribution in [3.8, 4) is 0 Å². The Labute approximate surface area is 444 Å². The first-order valence-corrected chi connectivity index (χ1v) is 24.8. The summed E-state index contributed by atoms with van der Waals surface area (Å²) < 4.78 is 40.1. The van der Waals surface area contributed by atoms with Crippen LogP contribution in [0, 0.1) is 11.6 Å². The molecule has 8 nitrogen and oxygen atoms in total. The third kappa shape index (κ3) is 11.9. The molecule has 2 aliphatic heterocycles. The monoisotopic (exact) mass is 1080 g/mol. The molecule has 0 unspecified atom stereocenters. The summed E-state index contributed by atoms with van der Waals surface area (Å²) >= 11 is 37.1. The normalized spacial score (nSPS) is 19.9. The second kappa shape index (κ2) is 22.9. The number of morpholine rings is 2. The van der Waals surface area contributed by atoms with E-state index >= 15 is 0 Å². The molecule has 2 fully saturated rings. The van der Waals surface area contributed by atoms with E-state index in [4.69, 9.17) is 79.1 Å². The maximum atomic E-state index is 14.0. The molecule has 4 heterocycles. The molecule has 16 heteroatoms. The third-order valence-electron chi connectivity index (χ3n) is 12.2. The number of aromatic nitrogens is 2. The zero-order valence-corrected chi connectivity index (χ0v) is 42.2. The zero-order valence-electron chi connectivity index (χ0n) is 37.6. The van der Waals surface area contributed by atoms with Crippen LogP contribution in [0.1, 0.15) is 57.7 Å². The van der Waals surface area contributed by atoms with Crippen molar-refractivity contribution in [3.05, 3.63) is 258 Å². The molecule has 0 saturated carbocycles. The van der Waals surface area contributed by atoms with Gasteiger partial charge in [-0.1, -0.05) is 142 Å². The molecule has 0 aliphatic carbocycles. The summed E-state index contributed by atoms with van der Waals surface area (Å²) in [5.41, 5.74) is 6.10. The number of hydrogen-bond acceptors (Lipinski definition) is 6. The fraction of sp³-hybridized carbons (Fsp3) is 0.143. The minimum atomic E-state index is -0.827. The van der Waals surface area contributed by atoms with Gasteiger partial charge in [0.05, 0.1) is 12.1 Å². The van der Waals surface area contributed by atoms with Gasteiger partial charge in [0.1, 0.15) is 46.4 Å². The van der Waals surface area contributed by atoms with Crippen LogP contribution in [-0.4, -0.2) is 34.0 Å². The molecule has 0 spiro atoms. The first kappa shape index (κ1) is 51.0. The summed E-state index contributed by atoms with van der Waals surface area (Å²) in [6.45, 7) is 0. The van der Waals surface area contributed by atoms with Gasteiger partial charge >= 0.3 is 0 Å². The summed E-state index contributed by atoms with van der Waals surface area (Å²) in [4.78, 5) is 39.6. The Morgan fingerprint density at radius 2 is 0.722 bits per heavy atom. The van der Waals surface area contributed by atoms with E-state index in [1.807, 2.05) is 48.5 Å². The third-order valence-corrected chi connectivity index (χ3v) is 13.7. The van der Waals surface area contributed by atoms with Gasteiger partial charge in [0.25, 0.3) is 11.8 Å². The Hall–Kier alpha value is -5.92. The van der Waals surface area contributed by atoms with E-state index in [0.717, 1.165) is 33.4 Å². The molecule has 6 atom stereocenters. The van der Waals surface area contributed by atoms with Crippen molar-refractivity contribution in [1.82, 2.24) is 9.97 Å². The van der Waals surface area contributed by atoms with Gasteiger partial charge in [-0.25, -0.2) is 18.7 Å². The minimum Gasteiger partial charge on any atom is -0.358 e. The Kier molecular flexibility index (Phi) is 16.2. The highest BCUT2D eigenvalue weighted by molar-refractivity contribution is 6.32. The molecule has 364 valence electrons. The fourth-order valence-electron chi connectivity index (χ4n) is 8.87. The van der Waals surface area contributed by atoms with E-state index in [2.05, 4.69) is 9.97 Å². The van der Waals surface area contributed by atoms with Crippen LogP contribution in [0.3, 0.4) is 0 Å². The van der Waals surface area contributed by atoms with Crippen LogP contribution in [0.5, 0.6) is 0 Å². The lowest BCUT2D eigenvalue weighted by atomic mass is 9.90. The lowest BCUT2D eigenvalue weighted by Gasteiger charge is -2.45. The van der Waals surface area contributed by atoms with Crippen molar-refractivity contribution in [3.63, 3.8) is 0 Å². The van der Waals surface area contributed by atoms with E-state index < -0.39 is 36.5 Å². The van der Waals surface area contributed by atoms with Crippen LogP contribution in [0.4, 0.5) is 20.2 Å². The average molecular weight is 1080 g/mol. The number of benzene rings is 6. The molecule has 2 amide bonds. The van der Waals surface area contributed by atoms with E-state index in [1.54, 1.807) is 119 Å². The Morgan fingerprint density at radius 1 is 0.417 bits per heavy atom. The molecule has 0 radical (unpaired) electrons. The molecule has 8 aromatic rings. The van der Waals surface area contributed by atoms with Crippen molar-refractivity contribution >= 4 is 92.8 Å². The minimum absolute atomic E-state index is 0.244. The summed E-state index contributed by atoms with van der Waals surface area (Å²) in [7, 11) is 0. The largest absolute Gasteiger partial charge is 0.358 e. The number of hydrogen-bond donors (Lipinski definition) is 0. The molecule has 0 bridgehead atoms. The number of anilines is 2. The topological polar surface area (TPSA) is 84.9 Å². The highest BCUT2D eigenvalue weighted by Gasteiger charge is 2.46. The smallest absolute Gasteiger partial charge is 0.257 e. The summed E-state index contributed by atoms with van der Waals surface area (Å²) in [5.74, 6) is -1.17. The van der Waals surface area contributed by atoms with Crippen LogP contribution < -0.4 is 9.80 Å². The van der Waals surface area contributed by atoms with Crippen molar-refractivity contribution in [2.75, 3.05) is 9.80 Å². The van der Waals surface area contributed by atoms with Crippen molar-refractivity contribution < 1.29 is 27.8 Å². The van der Waals surface area contributed by atoms with Crippen LogP contribution in [0.15, 0.2) is 182 Å². The average Bonchev–Trinajstić information content (AvgIpc) is 3.37.